The molecule has 1 aliphatic rings. The van der Waals surface area contributed by atoms with E-state index in [1.165, 1.54) is 0 Å². The minimum Gasteiger partial charge on any atom is -0.481 e. The third-order valence-electron chi connectivity index (χ3n) is 10.6. The molecule has 0 bridgehead atoms. The van der Waals surface area contributed by atoms with Crippen molar-refractivity contribution in [2.75, 3.05) is 26.4 Å². The molecule has 0 aliphatic carbocycles. The van der Waals surface area contributed by atoms with Crippen molar-refractivity contribution in [3.8, 4) is 0 Å². The van der Waals surface area contributed by atoms with Crippen LogP contribution in [0.5, 0.6) is 0 Å². The molecule has 388 valence electrons. The number of primary amides is 2. The second-order valence-electron chi connectivity index (χ2n) is 16.2. The van der Waals surface area contributed by atoms with Crippen LogP contribution in [-0.4, -0.2) is 177 Å². The first-order valence-corrected chi connectivity index (χ1v) is 22.1. The number of hydrogen-bond donors (Lipinski definition) is 16. The Labute approximate surface area is 400 Å². The lowest BCUT2D eigenvalue weighted by molar-refractivity contribution is -0.143. The van der Waals surface area contributed by atoms with Crippen molar-refractivity contribution in [3.05, 3.63) is 35.9 Å². The van der Waals surface area contributed by atoms with Gasteiger partial charge in [0.1, 0.15) is 30.2 Å². The van der Waals surface area contributed by atoms with Crippen LogP contribution in [0.15, 0.2) is 30.3 Å². The number of carboxylic acid groups (broad SMARTS) is 1. The Hall–Kier alpha value is -6.34. The molecule has 2 unspecified atom stereocenters. The molecule has 1 fully saturated rings. The van der Waals surface area contributed by atoms with Gasteiger partial charge >= 0.3 is 5.97 Å². The fraction of sp³-hybridized carbons (Fsp3) is 0.571. The summed E-state index contributed by atoms with van der Waals surface area (Å²) in [6.07, 6.45) is -4.25. The summed E-state index contributed by atoms with van der Waals surface area (Å²) >= 11 is 0. The molecular weight excluding hydrogens is 931 g/mol. The molecule has 28 heteroatoms. The number of benzene rings is 1. The van der Waals surface area contributed by atoms with Crippen LogP contribution in [0.25, 0.3) is 0 Å². The van der Waals surface area contributed by atoms with Gasteiger partial charge in [-0.2, -0.15) is 0 Å². The summed E-state index contributed by atoms with van der Waals surface area (Å²) in [5, 5.41) is 57.0. The molecule has 0 spiro atoms. The number of carbonyl (C=O) groups excluding carboxylic acids is 11. The number of rotatable bonds is 14. The van der Waals surface area contributed by atoms with Gasteiger partial charge in [0, 0.05) is 25.8 Å². The topological polar surface area (TPSA) is 466 Å². The van der Waals surface area contributed by atoms with Gasteiger partial charge < -0.3 is 53.0 Å². The minimum atomic E-state index is -2.11. The van der Waals surface area contributed by atoms with Crippen LogP contribution in [-0.2, 0) is 64.0 Å². The highest BCUT2D eigenvalue weighted by molar-refractivity contribution is 6.42. The maximum Gasteiger partial charge on any atom is 0.303 e. The van der Waals surface area contributed by atoms with Gasteiger partial charge in [0.05, 0.1) is 50.5 Å². The van der Waals surface area contributed by atoms with Gasteiger partial charge in [-0.05, 0) is 44.6 Å². The summed E-state index contributed by atoms with van der Waals surface area (Å²) in [5.41, 5.74) is 25.4. The van der Waals surface area contributed by atoms with Gasteiger partial charge in [0.15, 0.2) is 0 Å². The van der Waals surface area contributed by atoms with E-state index in [1.807, 2.05) is 5.32 Å². The number of aliphatic carboxylic acids is 1. The van der Waals surface area contributed by atoms with Crippen LogP contribution >= 0.6 is 0 Å². The number of Topliss-reactive ketones (excluding diaryl/α,β-unsaturated/α-hetero) is 6. The van der Waals surface area contributed by atoms with E-state index < -0.39 is 164 Å². The third kappa shape index (κ3) is 20.3. The monoisotopic (exact) mass is 993 g/mol. The van der Waals surface area contributed by atoms with Crippen molar-refractivity contribution in [3.63, 3.8) is 0 Å². The molecule has 0 aromatic heterocycles. The molecule has 1 saturated heterocycles. The Kier molecular flexibility index (Phi) is 26.5. The molecule has 1 heterocycles. The summed E-state index contributed by atoms with van der Waals surface area (Å²) in [4.78, 5) is 156. The maximum absolute atomic E-state index is 13.9. The number of nitrogens with two attached hydrogens (primary N) is 2. The molecule has 0 saturated carbocycles. The average molecular weight is 994 g/mol. The summed E-state index contributed by atoms with van der Waals surface area (Å²) in [5.74, 6) is -14.6. The number of nitrogens with one attached hydrogen (secondary N) is 9. The summed E-state index contributed by atoms with van der Waals surface area (Å²) < 4.78 is 0. The van der Waals surface area contributed by atoms with E-state index in [0.717, 1.165) is 6.92 Å². The molecule has 18 N–H and O–H groups in total. The zero-order chi connectivity index (χ0) is 52.5. The highest BCUT2D eigenvalue weighted by Crippen LogP contribution is 2.09. The van der Waals surface area contributed by atoms with Gasteiger partial charge in [-0.1, -0.05) is 36.8 Å². The third-order valence-corrected chi connectivity index (χ3v) is 10.6. The van der Waals surface area contributed by atoms with Crippen molar-refractivity contribution in [2.24, 2.45) is 11.5 Å². The van der Waals surface area contributed by atoms with Crippen LogP contribution < -0.4 is 60.0 Å². The molecule has 1 aromatic carbocycles. The van der Waals surface area contributed by atoms with Crippen LogP contribution in [0.3, 0.4) is 0 Å². The predicted octanol–water partition coefficient (Wildman–Crippen LogP) is -7.84. The van der Waals surface area contributed by atoms with Crippen molar-refractivity contribution in [2.45, 2.75) is 126 Å². The number of amides is 5. The second-order valence-corrected chi connectivity index (χ2v) is 16.2. The molecule has 28 nitrogen and oxygen atoms in total. The molecule has 2 rings (SSSR count). The lowest BCUT2D eigenvalue weighted by Gasteiger charge is -2.27. The molecule has 70 heavy (non-hydrogen) atoms. The zero-order valence-electron chi connectivity index (χ0n) is 38.3. The maximum atomic E-state index is 13.9. The van der Waals surface area contributed by atoms with Gasteiger partial charge in [-0.15, -0.1) is 0 Å². The van der Waals surface area contributed by atoms with E-state index in [-0.39, 0.29) is 38.6 Å². The lowest BCUT2D eigenvalue weighted by Crippen LogP contribution is -2.63. The average Bonchev–Trinajstić information content (AvgIpc) is 3.32. The fourth-order valence-corrected chi connectivity index (χ4v) is 6.62. The van der Waals surface area contributed by atoms with E-state index in [0.29, 0.717) is 18.4 Å². The summed E-state index contributed by atoms with van der Waals surface area (Å²) in [7, 11) is 0. The molecule has 1 aliphatic heterocycles. The smallest absolute Gasteiger partial charge is 0.303 e. The molecule has 5 amide bonds. The Morgan fingerprint density at radius 1 is 0.586 bits per heavy atom. The van der Waals surface area contributed by atoms with E-state index in [1.54, 1.807) is 30.3 Å². The standard InChI is InChI=1S/C42H63N11O17/c1-21(57)34-42(70)47-28(19-55)39(67)35(63)23(12-14-33(61)62)48-52-29(20-56)40(68)36(64)25(16-22-8-4-2-5-9-22)50-49-24(11-13-30(43)58)41(69)45-15-7-3-6-10-32(60)46-27(18-54)38(66)37(65)26(51-53-34)17-31(44)59/h2,4-5,8-9,21,23-29,34,48-57H,3,6-7,10-20H2,1H3,(H2,43,58)(H2,44,59)(H,45,69)(H,46,60)(H,47,70)(H,61,62)/t21-,23+,24?,25+,26+,27?,28+,29+,34+/m1/s1. The summed E-state index contributed by atoms with van der Waals surface area (Å²) in [6, 6.07) is -5.98. The zero-order valence-corrected chi connectivity index (χ0v) is 38.3. The number of aliphatic hydroxyl groups is 4. The van der Waals surface area contributed by atoms with Crippen molar-refractivity contribution >= 4 is 70.2 Å². The SMILES string of the molecule is C[C@@H](O)[C@@H]1NN[C@@H](CC(N)=O)C(=O)C(=O)C(CO)NC(=O)CCCCCNC(=O)C(CCC(N)=O)NN[C@@H](Cc2ccccc2)C(=O)C(=O)[C@H](CO)NN[C@@H](CCC(=O)O)C(=O)C(=O)[C@H](CO)NC1=O. The predicted molar refractivity (Wildman–Crippen MR) is 239 cm³/mol. The highest BCUT2D eigenvalue weighted by atomic mass is 16.4. The number of aliphatic hydroxyl groups excluding tert-OH is 4. The van der Waals surface area contributed by atoms with Gasteiger partial charge in [-0.3, -0.25) is 57.5 Å². The van der Waals surface area contributed by atoms with Crippen LogP contribution in [0, 0.1) is 0 Å². The first kappa shape index (κ1) is 59.8. The second kappa shape index (κ2) is 31.0. The van der Waals surface area contributed by atoms with Crippen molar-refractivity contribution in [1.29, 1.82) is 0 Å². The Balaban J connectivity index is 2.58. The molecule has 1 aromatic rings. The van der Waals surface area contributed by atoms with Gasteiger partial charge in [0.2, 0.25) is 64.2 Å². The first-order chi connectivity index (χ1) is 33.1. The van der Waals surface area contributed by atoms with Gasteiger partial charge in [0.25, 0.3) is 0 Å². The lowest BCUT2D eigenvalue weighted by atomic mass is 9.97. The fourth-order valence-electron chi connectivity index (χ4n) is 6.62. The normalized spacial score (nSPS) is 26.0. The van der Waals surface area contributed by atoms with Crippen LogP contribution in [0.4, 0.5) is 0 Å². The minimum absolute atomic E-state index is 0.0330. The van der Waals surface area contributed by atoms with Crippen LogP contribution in [0.2, 0.25) is 0 Å². The van der Waals surface area contributed by atoms with Crippen molar-refractivity contribution < 1.29 is 83.1 Å². The van der Waals surface area contributed by atoms with E-state index in [9.17, 15) is 83.1 Å². The Morgan fingerprint density at radius 2 is 1.09 bits per heavy atom. The van der Waals surface area contributed by atoms with Crippen molar-refractivity contribution in [1.82, 2.24) is 48.5 Å². The molecular formula is C42H63N11O17. The summed E-state index contributed by atoms with van der Waals surface area (Å²) in [6.45, 7) is -2.40. The van der Waals surface area contributed by atoms with Crippen LogP contribution in [0.1, 0.15) is 70.3 Å². The number of hydrogen-bond acceptors (Lipinski definition) is 22. The number of carbonyl (C=O) groups is 12. The largest absolute Gasteiger partial charge is 0.481 e. The molecule has 0 radical (unpaired) electrons. The number of hydrazine groups is 3. The van der Waals surface area contributed by atoms with E-state index >= 15 is 0 Å². The Bertz CT molecular complexity index is 2030. The first-order valence-electron chi connectivity index (χ1n) is 22.1. The number of ketones is 6. The van der Waals surface area contributed by atoms with Gasteiger partial charge in [-0.25, -0.2) is 32.6 Å². The van der Waals surface area contributed by atoms with E-state index in [2.05, 4.69) is 43.2 Å². The Morgan fingerprint density at radius 3 is 1.66 bits per heavy atom. The quantitative estimate of drug-likeness (QED) is 0.0770. The highest BCUT2D eigenvalue weighted by Gasteiger charge is 2.38. The number of carboxylic acids is 1. The van der Waals surface area contributed by atoms with E-state index in [4.69, 9.17) is 11.5 Å². The molecule has 9 atom stereocenters.